The molecule has 1 rings (SSSR count). The van der Waals surface area contributed by atoms with E-state index in [1.54, 1.807) is 18.0 Å². The normalized spacial score (nSPS) is 9.71. The minimum Gasteiger partial charge on any atom is -0.354 e. The maximum atomic E-state index is 10.9. The molecule has 1 aromatic heterocycles. The van der Waals surface area contributed by atoms with Gasteiger partial charge in [-0.25, -0.2) is 4.98 Å². The first-order valence-corrected chi connectivity index (χ1v) is 5.06. The van der Waals surface area contributed by atoms with Crippen molar-refractivity contribution in [2.24, 2.45) is 5.73 Å². The highest BCUT2D eigenvalue weighted by Gasteiger charge is 2.23. The number of nitro groups is 1. The van der Waals surface area contributed by atoms with Crippen LogP contribution < -0.4 is 10.6 Å². The molecule has 0 unspecified atom stereocenters. The van der Waals surface area contributed by atoms with E-state index in [9.17, 15) is 10.1 Å². The molecule has 1 aromatic rings. The molecule has 0 radical (unpaired) electrons. The Balaban J connectivity index is 3.15. The molecule has 0 aliphatic rings. The zero-order chi connectivity index (χ0) is 12.8. The van der Waals surface area contributed by atoms with Gasteiger partial charge in [0.2, 0.25) is 5.82 Å². The fraction of sp³-hybridized carbons (Fsp3) is 0.400. The van der Waals surface area contributed by atoms with Gasteiger partial charge in [0.15, 0.2) is 0 Å². The third-order valence-electron chi connectivity index (χ3n) is 2.27. The summed E-state index contributed by atoms with van der Waals surface area (Å²) in [6.07, 6.45) is 2.09. The van der Waals surface area contributed by atoms with Gasteiger partial charge in [0, 0.05) is 19.8 Å². The lowest BCUT2D eigenvalue weighted by Gasteiger charge is -2.17. The van der Waals surface area contributed by atoms with Crippen LogP contribution in [-0.2, 0) is 0 Å². The van der Waals surface area contributed by atoms with Crippen molar-refractivity contribution in [2.45, 2.75) is 6.42 Å². The van der Waals surface area contributed by atoms with E-state index in [1.165, 1.54) is 12.3 Å². The van der Waals surface area contributed by atoms with Crippen molar-refractivity contribution in [2.75, 3.05) is 25.0 Å². The zero-order valence-electron chi connectivity index (χ0n) is 9.46. The fourth-order valence-corrected chi connectivity index (χ4v) is 1.43. The smallest absolute Gasteiger partial charge is 0.329 e. The summed E-state index contributed by atoms with van der Waals surface area (Å²) < 4.78 is 0. The first kappa shape index (κ1) is 12.9. The molecule has 0 amide bonds. The number of nitrogens with zero attached hydrogens (tertiary/aromatic N) is 4. The topological polar surface area (TPSA) is 109 Å². The lowest BCUT2D eigenvalue weighted by molar-refractivity contribution is -0.384. The van der Waals surface area contributed by atoms with E-state index in [-0.39, 0.29) is 17.1 Å². The predicted molar refractivity (Wildman–Crippen MR) is 62.5 cm³/mol. The van der Waals surface area contributed by atoms with Crippen molar-refractivity contribution in [1.82, 2.24) is 4.98 Å². The number of pyridine rings is 1. The Morgan fingerprint density at radius 2 is 2.41 bits per heavy atom. The van der Waals surface area contributed by atoms with Crippen LogP contribution >= 0.6 is 0 Å². The van der Waals surface area contributed by atoms with E-state index in [2.05, 4.69) is 4.98 Å². The summed E-state index contributed by atoms with van der Waals surface area (Å²) in [6.45, 7) is 1.05. The second-order valence-corrected chi connectivity index (χ2v) is 3.46. The minimum absolute atomic E-state index is 0.0135. The van der Waals surface area contributed by atoms with Crippen molar-refractivity contribution in [3.63, 3.8) is 0 Å². The van der Waals surface area contributed by atoms with Crippen molar-refractivity contribution in [3.05, 3.63) is 27.9 Å². The predicted octanol–water partition coefficient (Wildman–Crippen LogP) is 0.646. The van der Waals surface area contributed by atoms with Crippen molar-refractivity contribution in [3.8, 4) is 6.07 Å². The van der Waals surface area contributed by atoms with Crippen LogP contribution in [0.4, 0.5) is 11.5 Å². The Hall–Kier alpha value is -2.20. The summed E-state index contributed by atoms with van der Waals surface area (Å²) >= 11 is 0. The molecule has 2 N–H and O–H groups in total. The quantitative estimate of drug-likeness (QED) is 0.592. The van der Waals surface area contributed by atoms with Gasteiger partial charge in [0.1, 0.15) is 11.6 Å². The van der Waals surface area contributed by atoms with Gasteiger partial charge in [0.05, 0.1) is 4.92 Å². The molecule has 0 bridgehead atoms. The van der Waals surface area contributed by atoms with Gasteiger partial charge in [-0.3, -0.25) is 10.1 Å². The largest absolute Gasteiger partial charge is 0.354 e. The average Bonchev–Trinajstić information content (AvgIpc) is 2.34. The van der Waals surface area contributed by atoms with Gasteiger partial charge in [-0.15, -0.1) is 0 Å². The lowest BCUT2D eigenvalue weighted by Crippen LogP contribution is -2.23. The molecule has 0 aromatic carbocycles. The average molecular weight is 235 g/mol. The maximum Gasteiger partial charge on any atom is 0.329 e. The van der Waals surface area contributed by atoms with Crippen LogP contribution in [0.2, 0.25) is 0 Å². The molecule has 0 aliphatic heterocycles. The van der Waals surface area contributed by atoms with Crippen LogP contribution in [0.3, 0.4) is 0 Å². The molecule has 7 heteroatoms. The number of aromatic nitrogens is 1. The first-order chi connectivity index (χ1) is 8.11. The van der Waals surface area contributed by atoms with Crippen LogP contribution in [0.1, 0.15) is 12.0 Å². The van der Waals surface area contributed by atoms with E-state index < -0.39 is 4.92 Å². The van der Waals surface area contributed by atoms with Gasteiger partial charge >= 0.3 is 5.69 Å². The number of nitriles is 1. The van der Waals surface area contributed by atoms with Gasteiger partial charge in [0.25, 0.3) is 0 Å². The summed E-state index contributed by atoms with van der Waals surface area (Å²) in [6, 6.07) is 3.13. The molecule has 1 heterocycles. The highest BCUT2D eigenvalue weighted by Crippen LogP contribution is 2.28. The Morgan fingerprint density at radius 3 is 2.94 bits per heavy atom. The monoisotopic (exact) mass is 235 g/mol. The van der Waals surface area contributed by atoms with E-state index in [4.69, 9.17) is 11.0 Å². The molecule has 0 fully saturated rings. The summed E-state index contributed by atoms with van der Waals surface area (Å²) in [4.78, 5) is 15.9. The number of hydrogen-bond acceptors (Lipinski definition) is 6. The SMILES string of the molecule is CN(CCCN)c1nccc(C#N)c1[N+](=O)[O-]. The van der Waals surface area contributed by atoms with Crippen LogP contribution in [0.15, 0.2) is 12.3 Å². The molecule has 0 spiro atoms. The van der Waals surface area contributed by atoms with E-state index in [0.29, 0.717) is 19.5 Å². The van der Waals surface area contributed by atoms with Gasteiger partial charge in [-0.05, 0) is 19.0 Å². The van der Waals surface area contributed by atoms with Crippen molar-refractivity contribution in [1.29, 1.82) is 5.26 Å². The highest BCUT2D eigenvalue weighted by atomic mass is 16.6. The summed E-state index contributed by atoms with van der Waals surface area (Å²) in [5, 5.41) is 19.8. The first-order valence-electron chi connectivity index (χ1n) is 5.06. The third-order valence-corrected chi connectivity index (χ3v) is 2.27. The van der Waals surface area contributed by atoms with Crippen molar-refractivity contribution < 1.29 is 4.92 Å². The molecular weight excluding hydrogens is 222 g/mol. The standard InChI is InChI=1S/C10H13N5O2/c1-14(6-2-4-11)10-9(15(16)17)8(7-12)3-5-13-10/h3,5H,2,4,6,11H2,1H3. The van der Waals surface area contributed by atoms with Crippen LogP contribution in [0.25, 0.3) is 0 Å². The Morgan fingerprint density at radius 1 is 1.71 bits per heavy atom. The Kier molecular flexibility index (Phi) is 4.37. The summed E-state index contributed by atoms with van der Waals surface area (Å²) in [7, 11) is 1.69. The molecular formula is C10H13N5O2. The van der Waals surface area contributed by atoms with Gasteiger partial charge < -0.3 is 10.6 Å². The van der Waals surface area contributed by atoms with Crippen LogP contribution in [0.5, 0.6) is 0 Å². The van der Waals surface area contributed by atoms with E-state index in [1.807, 2.05) is 0 Å². The highest BCUT2D eigenvalue weighted by molar-refractivity contribution is 5.65. The number of nitrogens with two attached hydrogens (primary N) is 1. The molecule has 0 atom stereocenters. The summed E-state index contributed by atoms with van der Waals surface area (Å²) in [5.74, 6) is 0.197. The van der Waals surface area contributed by atoms with Crippen molar-refractivity contribution >= 4 is 11.5 Å². The molecule has 0 saturated carbocycles. The molecule has 0 aliphatic carbocycles. The van der Waals surface area contributed by atoms with Gasteiger partial charge in [-0.1, -0.05) is 0 Å². The zero-order valence-corrected chi connectivity index (χ0v) is 9.46. The molecule has 90 valence electrons. The number of rotatable bonds is 5. The van der Waals surface area contributed by atoms with E-state index in [0.717, 1.165) is 0 Å². The van der Waals surface area contributed by atoms with Crippen LogP contribution in [-0.4, -0.2) is 30.0 Å². The second kappa shape index (κ2) is 5.77. The minimum atomic E-state index is -0.583. The molecule has 0 saturated heterocycles. The van der Waals surface area contributed by atoms with Gasteiger partial charge in [-0.2, -0.15) is 5.26 Å². The summed E-state index contributed by atoms with van der Waals surface area (Å²) in [5.41, 5.74) is 5.13. The Labute approximate surface area is 98.6 Å². The maximum absolute atomic E-state index is 10.9. The Bertz CT molecular complexity index is 454. The third kappa shape index (κ3) is 2.89. The van der Waals surface area contributed by atoms with E-state index >= 15 is 0 Å². The lowest BCUT2D eigenvalue weighted by atomic mass is 10.2. The number of anilines is 1. The number of hydrogen-bond donors (Lipinski definition) is 1. The van der Waals surface area contributed by atoms with Crippen LogP contribution in [0, 0.1) is 21.4 Å². The molecule has 7 nitrogen and oxygen atoms in total. The second-order valence-electron chi connectivity index (χ2n) is 3.46. The molecule has 17 heavy (non-hydrogen) atoms. The fourth-order valence-electron chi connectivity index (χ4n) is 1.43.